The molecule has 0 aliphatic carbocycles. The van der Waals surface area contributed by atoms with E-state index in [0.717, 1.165) is 0 Å². The summed E-state index contributed by atoms with van der Waals surface area (Å²) in [5.74, 6) is -0.871. The number of nitrogens with one attached hydrogen (secondary N) is 1. The first kappa shape index (κ1) is 15.4. The summed E-state index contributed by atoms with van der Waals surface area (Å²) in [7, 11) is 0. The van der Waals surface area contributed by atoms with Crippen LogP contribution in [0, 0.1) is 5.82 Å². The maximum absolute atomic E-state index is 13.4. The van der Waals surface area contributed by atoms with Crippen LogP contribution >= 0.6 is 11.6 Å². The number of nitrogens with zero attached hydrogens (tertiary/aromatic N) is 3. The van der Waals surface area contributed by atoms with Crippen LogP contribution in [0.5, 0.6) is 0 Å². The summed E-state index contributed by atoms with van der Waals surface area (Å²) < 4.78 is 14.9. The normalized spacial score (nSPS) is 12.1. The molecule has 1 heterocycles. The molecule has 6 nitrogen and oxygen atoms in total. The minimum absolute atomic E-state index is 0.00653. The Kier molecular flexibility index (Phi) is 5.24. The highest BCUT2D eigenvalue weighted by Crippen LogP contribution is 2.20. The maximum Gasteiger partial charge on any atom is 0.222 e. The Morgan fingerprint density at radius 2 is 2.33 bits per heavy atom. The Morgan fingerprint density at radius 1 is 1.52 bits per heavy atom. The average molecular weight is 313 g/mol. The van der Waals surface area contributed by atoms with Crippen molar-refractivity contribution in [3.8, 4) is 0 Å². The monoisotopic (exact) mass is 312 g/mol. The fourth-order valence-corrected chi connectivity index (χ4v) is 1.92. The molecule has 0 saturated heterocycles. The van der Waals surface area contributed by atoms with Crippen LogP contribution in [0.25, 0.3) is 0 Å². The third kappa shape index (κ3) is 4.24. The van der Waals surface area contributed by atoms with Gasteiger partial charge in [0.15, 0.2) is 0 Å². The number of hydrogen-bond acceptors (Lipinski definition) is 4. The van der Waals surface area contributed by atoms with Gasteiger partial charge < -0.3 is 10.4 Å². The third-order valence-electron chi connectivity index (χ3n) is 2.90. The van der Waals surface area contributed by atoms with Gasteiger partial charge in [-0.1, -0.05) is 22.9 Å². The number of carbonyl (C=O) groups is 1. The molecule has 1 aromatic carbocycles. The van der Waals surface area contributed by atoms with E-state index in [0.29, 0.717) is 12.1 Å². The molecule has 8 heteroatoms. The van der Waals surface area contributed by atoms with Crippen molar-refractivity contribution >= 4 is 17.5 Å². The lowest BCUT2D eigenvalue weighted by atomic mass is 10.1. The number of aryl methyl sites for hydroxylation is 1. The van der Waals surface area contributed by atoms with Crippen LogP contribution in [0.3, 0.4) is 0 Å². The number of aromatic nitrogens is 3. The van der Waals surface area contributed by atoms with Crippen LogP contribution in [0.4, 0.5) is 4.39 Å². The van der Waals surface area contributed by atoms with Gasteiger partial charge in [-0.05, 0) is 17.7 Å². The second kappa shape index (κ2) is 7.14. The molecule has 112 valence electrons. The van der Waals surface area contributed by atoms with Crippen molar-refractivity contribution in [2.24, 2.45) is 0 Å². The second-order valence-electron chi connectivity index (χ2n) is 4.39. The molecule has 0 radical (unpaired) electrons. The zero-order valence-electron chi connectivity index (χ0n) is 11.0. The predicted octanol–water partition coefficient (Wildman–Crippen LogP) is 1.31. The molecule has 21 heavy (non-hydrogen) atoms. The van der Waals surface area contributed by atoms with Gasteiger partial charge >= 0.3 is 0 Å². The summed E-state index contributed by atoms with van der Waals surface area (Å²) in [6.45, 7) is 0.0368. The van der Waals surface area contributed by atoms with E-state index in [-0.39, 0.29) is 24.0 Å². The molecular weight excluding hydrogens is 299 g/mol. The van der Waals surface area contributed by atoms with Crippen molar-refractivity contribution in [1.82, 2.24) is 20.3 Å². The summed E-state index contributed by atoms with van der Waals surface area (Å²) in [4.78, 5) is 11.8. The van der Waals surface area contributed by atoms with Crippen LogP contribution in [0.15, 0.2) is 30.6 Å². The Hall–Kier alpha value is -1.99. The number of amides is 1. The standard InChI is InChI=1S/C13H14ClFN4O2/c14-10-2-1-9(7-11(10)15)12(8-20)17-13(21)3-5-19-6-4-16-18-19/h1-2,4,6-7,12,20H,3,5,8H2,(H,17,21). The summed E-state index contributed by atoms with van der Waals surface area (Å²) >= 11 is 5.60. The van der Waals surface area contributed by atoms with Crippen molar-refractivity contribution in [1.29, 1.82) is 0 Å². The van der Waals surface area contributed by atoms with Gasteiger partial charge in [0.1, 0.15) is 5.82 Å². The molecule has 1 atom stereocenters. The van der Waals surface area contributed by atoms with Crippen molar-refractivity contribution < 1.29 is 14.3 Å². The molecule has 2 N–H and O–H groups in total. The third-order valence-corrected chi connectivity index (χ3v) is 3.21. The van der Waals surface area contributed by atoms with E-state index in [2.05, 4.69) is 15.6 Å². The molecule has 1 amide bonds. The van der Waals surface area contributed by atoms with Crippen LogP contribution in [0.2, 0.25) is 5.02 Å². The fraction of sp³-hybridized carbons (Fsp3) is 0.308. The smallest absolute Gasteiger partial charge is 0.222 e. The molecule has 0 fully saturated rings. The number of hydrogen-bond donors (Lipinski definition) is 2. The minimum atomic E-state index is -0.681. The van der Waals surface area contributed by atoms with Gasteiger partial charge in [-0.3, -0.25) is 9.48 Å². The lowest BCUT2D eigenvalue weighted by molar-refractivity contribution is -0.122. The van der Waals surface area contributed by atoms with E-state index < -0.39 is 11.9 Å². The fourth-order valence-electron chi connectivity index (χ4n) is 1.80. The molecule has 0 saturated carbocycles. The van der Waals surface area contributed by atoms with E-state index in [4.69, 9.17) is 11.6 Å². The lowest BCUT2D eigenvalue weighted by Gasteiger charge is -2.17. The van der Waals surface area contributed by atoms with E-state index in [1.54, 1.807) is 12.3 Å². The van der Waals surface area contributed by atoms with E-state index in [9.17, 15) is 14.3 Å². The van der Waals surface area contributed by atoms with Gasteiger partial charge in [0, 0.05) is 12.6 Å². The van der Waals surface area contributed by atoms with Gasteiger partial charge in [-0.2, -0.15) is 0 Å². The first-order chi connectivity index (χ1) is 10.1. The predicted molar refractivity (Wildman–Crippen MR) is 74.0 cm³/mol. The Balaban J connectivity index is 1.94. The number of aliphatic hydroxyl groups excluding tert-OH is 1. The number of halogens is 2. The van der Waals surface area contributed by atoms with E-state index in [1.165, 1.54) is 23.0 Å². The van der Waals surface area contributed by atoms with E-state index >= 15 is 0 Å². The molecular formula is C13H14ClFN4O2. The molecule has 0 spiro atoms. The molecule has 0 bridgehead atoms. The largest absolute Gasteiger partial charge is 0.394 e. The first-order valence-electron chi connectivity index (χ1n) is 6.29. The lowest BCUT2D eigenvalue weighted by Crippen LogP contribution is -2.31. The van der Waals surface area contributed by atoms with Crippen LogP contribution in [-0.4, -0.2) is 32.6 Å². The second-order valence-corrected chi connectivity index (χ2v) is 4.80. The summed E-state index contributed by atoms with van der Waals surface area (Å²) in [6, 6.07) is 3.46. The summed E-state index contributed by atoms with van der Waals surface area (Å²) in [5.41, 5.74) is 0.452. The number of rotatable bonds is 6. The van der Waals surface area contributed by atoms with Crippen molar-refractivity contribution in [3.05, 3.63) is 47.0 Å². The Morgan fingerprint density at radius 3 is 2.95 bits per heavy atom. The summed E-state index contributed by atoms with van der Waals surface area (Å²) in [5, 5.41) is 19.3. The number of aliphatic hydroxyl groups is 1. The quantitative estimate of drug-likeness (QED) is 0.843. The van der Waals surface area contributed by atoms with Gasteiger partial charge in [0.25, 0.3) is 0 Å². The Bertz CT molecular complexity index is 606. The van der Waals surface area contributed by atoms with Gasteiger partial charge in [0.2, 0.25) is 5.91 Å². The molecule has 1 aromatic heterocycles. The van der Waals surface area contributed by atoms with Crippen LogP contribution in [-0.2, 0) is 11.3 Å². The van der Waals surface area contributed by atoms with Crippen molar-refractivity contribution in [3.63, 3.8) is 0 Å². The minimum Gasteiger partial charge on any atom is -0.394 e. The molecule has 2 aromatic rings. The van der Waals surface area contributed by atoms with Crippen LogP contribution < -0.4 is 5.32 Å². The average Bonchev–Trinajstić information content (AvgIpc) is 2.99. The molecule has 0 aliphatic rings. The highest BCUT2D eigenvalue weighted by Gasteiger charge is 2.15. The van der Waals surface area contributed by atoms with Gasteiger partial charge in [-0.15, -0.1) is 5.10 Å². The number of benzene rings is 1. The molecule has 2 rings (SSSR count). The highest BCUT2D eigenvalue weighted by molar-refractivity contribution is 6.30. The Labute approximate surface area is 125 Å². The summed E-state index contributed by atoms with van der Waals surface area (Å²) in [6.07, 6.45) is 3.34. The maximum atomic E-state index is 13.4. The highest BCUT2D eigenvalue weighted by atomic mass is 35.5. The van der Waals surface area contributed by atoms with Gasteiger partial charge in [0.05, 0.1) is 30.4 Å². The first-order valence-corrected chi connectivity index (χ1v) is 6.67. The molecule has 1 unspecified atom stereocenters. The topological polar surface area (TPSA) is 80.0 Å². The number of carbonyl (C=O) groups excluding carboxylic acids is 1. The van der Waals surface area contributed by atoms with Crippen LogP contribution in [0.1, 0.15) is 18.0 Å². The van der Waals surface area contributed by atoms with Gasteiger partial charge in [-0.25, -0.2) is 4.39 Å². The van der Waals surface area contributed by atoms with Crippen molar-refractivity contribution in [2.75, 3.05) is 6.61 Å². The zero-order chi connectivity index (χ0) is 15.2. The van der Waals surface area contributed by atoms with E-state index in [1.807, 2.05) is 0 Å². The SMILES string of the molecule is O=C(CCn1ccnn1)NC(CO)c1ccc(Cl)c(F)c1. The van der Waals surface area contributed by atoms with Crippen molar-refractivity contribution in [2.45, 2.75) is 19.0 Å². The molecule has 0 aliphatic heterocycles. The zero-order valence-corrected chi connectivity index (χ0v) is 11.8.